The Hall–Kier alpha value is -0.0400. The first-order valence-corrected chi connectivity index (χ1v) is 5.91. The smallest absolute Gasteiger partial charge is 0.00669 e. The summed E-state index contributed by atoms with van der Waals surface area (Å²) in [5.41, 5.74) is 0. The van der Waals surface area contributed by atoms with Gasteiger partial charge in [0.1, 0.15) is 0 Å². The molecule has 0 fully saturated rings. The molecule has 0 aliphatic rings. The molecule has 0 rings (SSSR count). The maximum atomic E-state index is 3.72. The lowest BCUT2D eigenvalue weighted by molar-refractivity contribution is 0.331. The topological polar surface area (TPSA) is 12.0 Å². The lowest BCUT2D eigenvalue weighted by Crippen LogP contribution is -2.39. The van der Waals surface area contributed by atoms with E-state index in [1.54, 1.807) is 0 Å². The Balaban J connectivity index is 3.78. The highest BCUT2D eigenvalue weighted by molar-refractivity contribution is 4.73. The Morgan fingerprint density at radius 2 is 1.62 bits per heavy atom. The van der Waals surface area contributed by atoms with Crippen LogP contribution in [-0.4, -0.2) is 12.1 Å². The van der Waals surface area contributed by atoms with E-state index in [-0.39, 0.29) is 0 Å². The third kappa shape index (κ3) is 5.30. The second-order valence-electron chi connectivity index (χ2n) is 4.23. The predicted molar refractivity (Wildman–Crippen MR) is 61.0 cm³/mol. The molecule has 0 aromatic carbocycles. The van der Waals surface area contributed by atoms with E-state index < -0.39 is 0 Å². The summed E-state index contributed by atoms with van der Waals surface area (Å²) in [5.74, 6) is 0.797. The highest BCUT2D eigenvalue weighted by Crippen LogP contribution is 2.10. The maximum Gasteiger partial charge on any atom is 0.00669 e. The van der Waals surface area contributed by atoms with Gasteiger partial charge in [-0.25, -0.2) is 0 Å². The van der Waals surface area contributed by atoms with E-state index >= 15 is 0 Å². The SMILES string of the molecule is CCCC(CC)NC(C)C(C)CC. The standard InChI is InChI=1S/C12H27N/c1-6-9-12(8-3)13-11(5)10(4)7-2/h10-13H,6-9H2,1-5H3. The highest BCUT2D eigenvalue weighted by atomic mass is 14.9. The quantitative estimate of drug-likeness (QED) is 0.639. The van der Waals surface area contributed by atoms with Crippen molar-refractivity contribution in [1.29, 1.82) is 0 Å². The molecule has 0 radical (unpaired) electrons. The van der Waals surface area contributed by atoms with Gasteiger partial charge < -0.3 is 5.32 Å². The number of hydrogen-bond acceptors (Lipinski definition) is 1. The molecule has 0 bridgehead atoms. The average Bonchev–Trinajstić information content (AvgIpc) is 2.15. The molecule has 0 saturated carbocycles. The minimum atomic E-state index is 0.668. The molecule has 0 amide bonds. The van der Waals surface area contributed by atoms with Gasteiger partial charge in [0, 0.05) is 12.1 Å². The van der Waals surface area contributed by atoms with Crippen molar-refractivity contribution in [3.05, 3.63) is 0 Å². The number of nitrogens with one attached hydrogen (secondary N) is 1. The van der Waals surface area contributed by atoms with Gasteiger partial charge in [0.15, 0.2) is 0 Å². The van der Waals surface area contributed by atoms with Crippen molar-refractivity contribution < 1.29 is 0 Å². The van der Waals surface area contributed by atoms with Crippen LogP contribution in [0.4, 0.5) is 0 Å². The van der Waals surface area contributed by atoms with E-state index in [1.807, 2.05) is 0 Å². The molecule has 13 heavy (non-hydrogen) atoms. The Morgan fingerprint density at radius 1 is 1.00 bits per heavy atom. The van der Waals surface area contributed by atoms with Crippen LogP contribution in [0.1, 0.15) is 60.3 Å². The van der Waals surface area contributed by atoms with Crippen LogP contribution in [0.25, 0.3) is 0 Å². The van der Waals surface area contributed by atoms with Gasteiger partial charge >= 0.3 is 0 Å². The van der Waals surface area contributed by atoms with Crippen molar-refractivity contribution >= 4 is 0 Å². The minimum Gasteiger partial charge on any atom is -0.311 e. The summed E-state index contributed by atoms with van der Waals surface area (Å²) in [5, 5.41) is 3.72. The third-order valence-corrected chi connectivity index (χ3v) is 3.13. The Morgan fingerprint density at radius 3 is 2.00 bits per heavy atom. The summed E-state index contributed by atoms with van der Waals surface area (Å²) >= 11 is 0. The average molecular weight is 185 g/mol. The molecule has 0 spiro atoms. The molecule has 0 aromatic rings. The van der Waals surface area contributed by atoms with Crippen molar-refractivity contribution in [3.8, 4) is 0 Å². The molecule has 0 aromatic heterocycles. The van der Waals surface area contributed by atoms with E-state index in [1.165, 1.54) is 25.7 Å². The summed E-state index contributed by atoms with van der Waals surface area (Å²) in [6.07, 6.45) is 5.14. The summed E-state index contributed by atoms with van der Waals surface area (Å²) in [7, 11) is 0. The fourth-order valence-electron chi connectivity index (χ4n) is 1.64. The summed E-state index contributed by atoms with van der Waals surface area (Å²) in [6.45, 7) is 11.4. The van der Waals surface area contributed by atoms with E-state index in [0.717, 1.165) is 12.0 Å². The molecular formula is C12H27N. The second-order valence-corrected chi connectivity index (χ2v) is 4.23. The van der Waals surface area contributed by atoms with Crippen molar-refractivity contribution in [3.63, 3.8) is 0 Å². The molecule has 1 nitrogen and oxygen atoms in total. The van der Waals surface area contributed by atoms with Gasteiger partial charge in [0.25, 0.3) is 0 Å². The highest BCUT2D eigenvalue weighted by Gasteiger charge is 2.13. The zero-order valence-corrected chi connectivity index (χ0v) is 10.1. The van der Waals surface area contributed by atoms with Crippen molar-refractivity contribution in [2.24, 2.45) is 5.92 Å². The first kappa shape index (κ1) is 13.0. The van der Waals surface area contributed by atoms with Gasteiger partial charge in [0.05, 0.1) is 0 Å². The lowest BCUT2D eigenvalue weighted by atomic mass is 9.98. The van der Waals surface area contributed by atoms with Crippen LogP contribution in [0.5, 0.6) is 0 Å². The largest absolute Gasteiger partial charge is 0.311 e. The predicted octanol–water partition coefficient (Wildman–Crippen LogP) is 3.59. The summed E-state index contributed by atoms with van der Waals surface area (Å²) in [6, 6.07) is 1.40. The van der Waals surface area contributed by atoms with Crippen LogP contribution in [-0.2, 0) is 0 Å². The third-order valence-electron chi connectivity index (χ3n) is 3.13. The van der Waals surface area contributed by atoms with Gasteiger partial charge in [-0.3, -0.25) is 0 Å². The molecule has 0 aliphatic heterocycles. The fourth-order valence-corrected chi connectivity index (χ4v) is 1.64. The van der Waals surface area contributed by atoms with E-state index in [4.69, 9.17) is 0 Å². The van der Waals surface area contributed by atoms with E-state index in [2.05, 4.69) is 39.9 Å². The normalized spacial score (nSPS) is 18.2. The lowest BCUT2D eigenvalue weighted by Gasteiger charge is -2.26. The Labute approximate surface area is 84.3 Å². The first-order valence-electron chi connectivity index (χ1n) is 5.91. The number of rotatable bonds is 7. The molecule has 0 aliphatic carbocycles. The molecule has 80 valence electrons. The molecule has 0 heterocycles. The van der Waals surface area contributed by atoms with Crippen LogP contribution in [0.3, 0.4) is 0 Å². The molecule has 1 N–H and O–H groups in total. The van der Waals surface area contributed by atoms with Gasteiger partial charge in [-0.15, -0.1) is 0 Å². The molecule has 3 atom stereocenters. The van der Waals surface area contributed by atoms with Gasteiger partial charge in [-0.05, 0) is 25.7 Å². The molecule has 0 saturated heterocycles. The van der Waals surface area contributed by atoms with E-state index in [9.17, 15) is 0 Å². The fraction of sp³-hybridized carbons (Fsp3) is 1.00. The van der Waals surface area contributed by atoms with E-state index in [0.29, 0.717) is 6.04 Å². The van der Waals surface area contributed by atoms with Crippen molar-refractivity contribution in [2.45, 2.75) is 72.4 Å². The summed E-state index contributed by atoms with van der Waals surface area (Å²) in [4.78, 5) is 0. The molecule has 1 heteroatoms. The van der Waals surface area contributed by atoms with Crippen LogP contribution in [0.2, 0.25) is 0 Å². The zero-order chi connectivity index (χ0) is 10.3. The Bertz CT molecular complexity index is 112. The van der Waals surface area contributed by atoms with Gasteiger partial charge in [-0.1, -0.05) is 40.5 Å². The van der Waals surface area contributed by atoms with Gasteiger partial charge in [-0.2, -0.15) is 0 Å². The van der Waals surface area contributed by atoms with Gasteiger partial charge in [0.2, 0.25) is 0 Å². The van der Waals surface area contributed by atoms with Crippen molar-refractivity contribution in [1.82, 2.24) is 5.32 Å². The van der Waals surface area contributed by atoms with Crippen LogP contribution < -0.4 is 5.32 Å². The van der Waals surface area contributed by atoms with Crippen LogP contribution in [0.15, 0.2) is 0 Å². The molecular weight excluding hydrogens is 158 g/mol. The number of hydrogen-bond donors (Lipinski definition) is 1. The van der Waals surface area contributed by atoms with Crippen LogP contribution >= 0.6 is 0 Å². The second kappa shape index (κ2) is 7.37. The molecule has 3 unspecified atom stereocenters. The monoisotopic (exact) mass is 185 g/mol. The summed E-state index contributed by atoms with van der Waals surface area (Å²) < 4.78 is 0. The minimum absolute atomic E-state index is 0.668. The van der Waals surface area contributed by atoms with Crippen molar-refractivity contribution in [2.75, 3.05) is 0 Å². The van der Waals surface area contributed by atoms with Crippen LogP contribution in [0, 0.1) is 5.92 Å². The zero-order valence-electron chi connectivity index (χ0n) is 10.1. The maximum absolute atomic E-state index is 3.72. The first-order chi connectivity index (χ1) is 6.15. The Kier molecular flexibility index (Phi) is 7.35.